The highest BCUT2D eigenvalue weighted by atomic mass is 32.1. The van der Waals surface area contributed by atoms with Crippen molar-refractivity contribution in [3.8, 4) is 0 Å². The average molecular weight is 179 g/mol. The van der Waals surface area contributed by atoms with Crippen LogP contribution in [0.4, 0.5) is 5.82 Å². The summed E-state index contributed by atoms with van der Waals surface area (Å²) in [6.45, 7) is 0.861. The Hall–Kier alpha value is -1.29. The van der Waals surface area contributed by atoms with E-state index in [2.05, 4.69) is 33.0 Å². The Morgan fingerprint density at radius 3 is 3.17 bits per heavy atom. The molecule has 0 aliphatic carbocycles. The van der Waals surface area contributed by atoms with Gasteiger partial charge < -0.3 is 5.32 Å². The summed E-state index contributed by atoms with van der Waals surface area (Å²) in [4.78, 5) is 1.32. The van der Waals surface area contributed by atoms with Gasteiger partial charge in [0.1, 0.15) is 5.82 Å². The van der Waals surface area contributed by atoms with Crippen LogP contribution >= 0.6 is 11.3 Å². The van der Waals surface area contributed by atoms with Crippen LogP contribution in [0.3, 0.4) is 0 Å². The van der Waals surface area contributed by atoms with Gasteiger partial charge in [-0.3, -0.25) is 5.10 Å². The first-order chi connectivity index (χ1) is 5.95. The smallest absolute Gasteiger partial charge is 0.121 e. The van der Waals surface area contributed by atoms with Crippen molar-refractivity contribution >= 4 is 17.2 Å². The van der Waals surface area contributed by atoms with E-state index in [1.807, 2.05) is 6.07 Å². The molecule has 0 saturated carbocycles. The van der Waals surface area contributed by atoms with Gasteiger partial charge in [0.15, 0.2) is 0 Å². The van der Waals surface area contributed by atoms with Gasteiger partial charge in [-0.1, -0.05) is 6.07 Å². The van der Waals surface area contributed by atoms with Gasteiger partial charge in [-0.15, -0.1) is 11.3 Å². The Kier molecular flexibility index (Phi) is 2.09. The molecule has 0 atom stereocenters. The predicted octanol–water partition coefficient (Wildman–Crippen LogP) is 2.08. The number of hydrogen-bond acceptors (Lipinski definition) is 3. The fourth-order valence-electron chi connectivity index (χ4n) is 0.950. The minimum absolute atomic E-state index is 0.861. The Bertz CT molecular complexity index is 278. The first-order valence-electron chi connectivity index (χ1n) is 3.71. The molecular formula is C8H9N3S. The molecule has 2 heterocycles. The lowest BCUT2D eigenvalue weighted by Crippen LogP contribution is -1.96. The fourth-order valence-corrected chi connectivity index (χ4v) is 1.59. The number of thiophene rings is 1. The molecule has 0 amide bonds. The van der Waals surface area contributed by atoms with Crippen LogP contribution in [0.15, 0.2) is 29.8 Å². The molecular weight excluding hydrogens is 170 g/mol. The van der Waals surface area contributed by atoms with Crippen molar-refractivity contribution in [2.45, 2.75) is 6.54 Å². The van der Waals surface area contributed by atoms with E-state index in [0.29, 0.717) is 0 Å². The van der Waals surface area contributed by atoms with Crippen molar-refractivity contribution in [2.24, 2.45) is 0 Å². The number of aromatic amines is 1. The van der Waals surface area contributed by atoms with Crippen LogP contribution in [0.5, 0.6) is 0 Å². The second kappa shape index (κ2) is 3.40. The third-order valence-corrected chi connectivity index (χ3v) is 2.41. The molecule has 0 fully saturated rings. The third kappa shape index (κ3) is 1.65. The van der Waals surface area contributed by atoms with Crippen LogP contribution in [0, 0.1) is 0 Å². The molecule has 2 N–H and O–H groups in total. The number of hydrogen-bond donors (Lipinski definition) is 2. The lowest BCUT2D eigenvalue weighted by Gasteiger charge is -1.98. The van der Waals surface area contributed by atoms with E-state index in [4.69, 9.17) is 0 Å². The van der Waals surface area contributed by atoms with Crippen molar-refractivity contribution in [1.29, 1.82) is 0 Å². The van der Waals surface area contributed by atoms with Crippen LogP contribution in [-0.4, -0.2) is 10.2 Å². The number of nitrogens with zero attached hydrogens (tertiary/aromatic N) is 1. The molecule has 0 aliphatic heterocycles. The van der Waals surface area contributed by atoms with Gasteiger partial charge in [-0.2, -0.15) is 5.10 Å². The molecule has 0 aromatic carbocycles. The van der Waals surface area contributed by atoms with Gasteiger partial charge in [-0.25, -0.2) is 0 Å². The summed E-state index contributed by atoms with van der Waals surface area (Å²) in [5.74, 6) is 0.961. The van der Waals surface area contributed by atoms with Gasteiger partial charge >= 0.3 is 0 Å². The summed E-state index contributed by atoms with van der Waals surface area (Å²) in [5.41, 5.74) is 0. The van der Waals surface area contributed by atoms with Crippen LogP contribution in [0.25, 0.3) is 0 Å². The summed E-state index contributed by atoms with van der Waals surface area (Å²) in [5, 5.41) is 12.0. The van der Waals surface area contributed by atoms with Gasteiger partial charge in [0.05, 0.1) is 12.7 Å². The zero-order valence-corrected chi connectivity index (χ0v) is 7.27. The van der Waals surface area contributed by atoms with Crippen molar-refractivity contribution in [3.63, 3.8) is 0 Å². The van der Waals surface area contributed by atoms with Crippen molar-refractivity contribution in [3.05, 3.63) is 34.7 Å². The van der Waals surface area contributed by atoms with Gasteiger partial charge in [0.2, 0.25) is 0 Å². The predicted molar refractivity (Wildman–Crippen MR) is 50.2 cm³/mol. The maximum absolute atomic E-state index is 3.84. The molecule has 0 bridgehead atoms. The number of nitrogens with one attached hydrogen (secondary N) is 2. The molecule has 62 valence electrons. The molecule has 3 nitrogen and oxygen atoms in total. The topological polar surface area (TPSA) is 40.7 Å². The third-order valence-electron chi connectivity index (χ3n) is 1.53. The van der Waals surface area contributed by atoms with Gasteiger partial charge in [0.25, 0.3) is 0 Å². The van der Waals surface area contributed by atoms with E-state index >= 15 is 0 Å². The van der Waals surface area contributed by atoms with E-state index in [-0.39, 0.29) is 0 Å². The largest absolute Gasteiger partial charge is 0.366 e. The van der Waals surface area contributed by atoms with E-state index < -0.39 is 0 Å². The summed E-state index contributed by atoms with van der Waals surface area (Å²) >= 11 is 1.75. The van der Waals surface area contributed by atoms with Crippen LogP contribution < -0.4 is 5.32 Å². The molecule has 2 aromatic rings. The molecule has 0 saturated heterocycles. The summed E-state index contributed by atoms with van der Waals surface area (Å²) < 4.78 is 0. The Balaban J connectivity index is 1.91. The standard InChI is InChI=1S/C8H9N3S/c1-2-7(12-5-1)6-9-8-3-4-10-11-8/h1-5H,6H2,(H2,9,10,11). The second-order valence-corrected chi connectivity index (χ2v) is 3.44. The van der Waals surface area contributed by atoms with Crippen molar-refractivity contribution < 1.29 is 0 Å². The van der Waals surface area contributed by atoms with Gasteiger partial charge in [0, 0.05) is 4.88 Å². The highest BCUT2D eigenvalue weighted by Gasteiger charge is 1.93. The molecule has 0 unspecified atom stereocenters. The lowest BCUT2D eigenvalue weighted by molar-refractivity contribution is 1.06. The maximum atomic E-state index is 3.84. The number of anilines is 1. The zero-order chi connectivity index (χ0) is 8.23. The highest BCUT2D eigenvalue weighted by Crippen LogP contribution is 2.10. The molecule has 2 rings (SSSR count). The lowest BCUT2D eigenvalue weighted by atomic mass is 10.4. The van der Waals surface area contributed by atoms with Crippen LogP contribution in [0.2, 0.25) is 0 Å². The SMILES string of the molecule is c1csc(CNc2ccn[nH]2)c1. The van der Waals surface area contributed by atoms with Gasteiger partial charge in [-0.05, 0) is 17.5 Å². The van der Waals surface area contributed by atoms with E-state index in [1.54, 1.807) is 17.5 Å². The van der Waals surface area contributed by atoms with Crippen molar-refractivity contribution in [2.75, 3.05) is 5.32 Å². The molecule has 0 radical (unpaired) electrons. The summed E-state index contributed by atoms with van der Waals surface area (Å²) in [6, 6.07) is 6.07. The van der Waals surface area contributed by atoms with Crippen LogP contribution in [-0.2, 0) is 6.54 Å². The number of aromatic nitrogens is 2. The van der Waals surface area contributed by atoms with Crippen molar-refractivity contribution in [1.82, 2.24) is 10.2 Å². The highest BCUT2D eigenvalue weighted by molar-refractivity contribution is 7.09. The monoisotopic (exact) mass is 179 g/mol. The molecule has 12 heavy (non-hydrogen) atoms. The molecule has 0 spiro atoms. The van der Waals surface area contributed by atoms with E-state index in [0.717, 1.165) is 12.4 Å². The minimum Gasteiger partial charge on any atom is -0.366 e. The number of H-pyrrole nitrogens is 1. The summed E-state index contributed by atoms with van der Waals surface area (Å²) in [7, 11) is 0. The first kappa shape index (κ1) is 7.36. The first-order valence-corrected chi connectivity index (χ1v) is 4.59. The van der Waals surface area contributed by atoms with Crippen LogP contribution in [0.1, 0.15) is 4.88 Å². The van der Waals surface area contributed by atoms with E-state index in [1.165, 1.54) is 4.88 Å². The molecule has 2 aromatic heterocycles. The Morgan fingerprint density at radius 1 is 1.50 bits per heavy atom. The minimum atomic E-state index is 0.861. The zero-order valence-electron chi connectivity index (χ0n) is 6.45. The normalized spacial score (nSPS) is 10.0. The molecule has 0 aliphatic rings. The van der Waals surface area contributed by atoms with E-state index in [9.17, 15) is 0 Å². The Labute approximate surface area is 74.4 Å². The second-order valence-electron chi connectivity index (χ2n) is 2.40. The molecule has 4 heteroatoms. The quantitative estimate of drug-likeness (QED) is 0.757. The average Bonchev–Trinajstić information content (AvgIpc) is 2.74. The Morgan fingerprint density at radius 2 is 2.50 bits per heavy atom. The summed E-state index contributed by atoms with van der Waals surface area (Å²) in [6.07, 6.45) is 1.73. The number of rotatable bonds is 3. The fraction of sp³-hybridized carbons (Fsp3) is 0.125. The maximum Gasteiger partial charge on any atom is 0.121 e.